The van der Waals surface area contributed by atoms with Crippen molar-refractivity contribution >= 4 is 6.29 Å². The normalized spacial score (nSPS) is 10.1. The molecular formula is C14H13NO3. The van der Waals surface area contributed by atoms with Gasteiger partial charge in [0, 0.05) is 35.7 Å². The van der Waals surface area contributed by atoms with Crippen molar-refractivity contribution in [3.05, 3.63) is 64.1 Å². The number of methoxy groups -OCH3 is 1. The molecule has 0 unspecified atom stereocenters. The molecule has 0 radical (unpaired) electrons. The Morgan fingerprint density at radius 2 is 1.94 bits per heavy atom. The first-order valence-corrected chi connectivity index (χ1v) is 5.51. The highest BCUT2D eigenvalue weighted by Crippen LogP contribution is 2.20. The van der Waals surface area contributed by atoms with Crippen LogP contribution in [0.5, 0.6) is 5.75 Å². The number of hydrogen-bond acceptors (Lipinski definition) is 3. The Balaban J connectivity index is 2.34. The summed E-state index contributed by atoms with van der Waals surface area (Å²) in [6.07, 6.45) is 4.21. The van der Waals surface area contributed by atoms with Gasteiger partial charge in [-0.3, -0.25) is 9.59 Å². The van der Waals surface area contributed by atoms with Gasteiger partial charge in [-0.1, -0.05) is 0 Å². The second-order valence-corrected chi connectivity index (χ2v) is 3.90. The molecule has 1 aromatic heterocycles. The van der Waals surface area contributed by atoms with Crippen LogP contribution in [0.4, 0.5) is 0 Å². The van der Waals surface area contributed by atoms with Crippen LogP contribution in [0, 0.1) is 0 Å². The molecule has 4 heteroatoms. The minimum Gasteiger partial charge on any atom is -0.496 e. The number of carbonyl (C=O) groups is 1. The monoisotopic (exact) mass is 243 g/mol. The highest BCUT2D eigenvalue weighted by molar-refractivity contribution is 5.75. The molecular weight excluding hydrogens is 230 g/mol. The van der Waals surface area contributed by atoms with Gasteiger partial charge in [-0.15, -0.1) is 0 Å². The maximum Gasteiger partial charge on any atom is 0.181 e. The second kappa shape index (κ2) is 5.31. The van der Waals surface area contributed by atoms with Gasteiger partial charge in [0.2, 0.25) is 0 Å². The topological polar surface area (TPSA) is 48.3 Å². The van der Waals surface area contributed by atoms with Crippen molar-refractivity contribution in [2.75, 3.05) is 7.11 Å². The van der Waals surface area contributed by atoms with Crippen molar-refractivity contribution in [2.45, 2.75) is 6.54 Å². The summed E-state index contributed by atoms with van der Waals surface area (Å²) in [6.45, 7) is 0.547. The third-order valence-electron chi connectivity index (χ3n) is 2.65. The van der Waals surface area contributed by atoms with Gasteiger partial charge >= 0.3 is 0 Å². The van der Waals surface area contributed by atoms with E-state index in [4.69, 9.17) is 4.74 Å². The smallest absolute Gasteiger partial charge is 0.181 e. The Labute approximate surface area is 104 Å². The van der Waals surface area contributed by atoms with Crippen molar-refractivity contribution in [1.82, 2.24) is 4.57 Å². The number of rotatable bonds is 4. The van der Waals surface area contributed by atoms with Crippen LogP contribution < -0.4 is 10.2 Å². The number of nitrogens with zero attached hydrogens (tertiary/aromatic N) is 1. The molecule has 0 N–H and O–H groups in total. The largest absolute Gasteiger partial charge is 0.496 e. The molecule has 1 heterocycles. The van der Waals surface area contributed by atoms with Crippen LogP contribution in [-0.2, 0) is 6.54 Å². The van der Waals surface area contributed by atoms with Crippen LogP contribution in [0.3, 0.4) is 0 Å². The van der Waals surface area contributed by atoms with Gasteiger partial charge in [0.05, 0.1) is 13.7 Å². The molecule has 0 saturated heterocycles. The van der Waals surface area contributed by atoms with Crippen LogP contribution in [-0.4, -0.2) is 18.0 Å². The van der Waals surface area contributed by atoms with E-state index in [2.05, 4.69) is 0 Å². The van der Waals surface area contributed by atoms with E-state index in [1.165, 1.54) is 12.1 Å². The molecule has 2 rings (SSSR count). The second-order valence-electron chi connectivity index (χ2n) is 3.90. The van der Waals surface area contributed by atoms with Gasteiger partial charge in [0.1, 0.15) is 12.0 Å². The molecule has 0 bridgehead atoms. The summed E-state index contributed by atoms with van der Waals surface area (Å²) >= 11 is 0. The van der Waals surface area contributed by atoms with Crippen molar-refractivity contribution in [3.63, 3.8) is 0 Å². The molecule has 2 aromatic rings. The van der Waals surface area contributed by atoms with Crippen molar-refractivity contribution in [3.8, 4) is 5.75 Å². The summed E-state index contributed by atoms with van der Waals surface area (Å²) in [4.78, 5) is 21.8. The fourth-order valence-electron chi connectivity index (χ4n) is 1.74. The third kappa shape index (κ3) is 2.66. The first-order valence-electron chi connectivity index (χ1n) is 5.51. The van der Waals surface area contributed by atoms with Crippen molar-refractivity contribution in [1.29, 1.82) is 0 Å². The number of aldehydes is 1. The van der Waals surface area contributed by atoms with Gasteiger partial charge in [0.25, 0.3) is 0 Å². The highest BCUT2D eigenvalue weighted by Gasteiger charge is 2.04. The van der Waals surface area contributed by atoms with Crippen LogP contribution >= 0.6 is 0 Å². The maximum atomic E-state index is 11.0. The molecule has 1 aromatic carbocycles. The molecule has 0 saturated carbocycles. The molecule has 0 atom stereocenters. The molecule has 18 heavy (non-hydrogen) atoms. The highest BCUT2D eigenvalue weighted by atomic mass is 16.5. The zero-order valence-electron chi connectivity index (χ0n) is 10.00. The summed E-state index contributed by atoms with van der Waals surface area (Å²) in [6, 6.07) is 8.25. The maximum absolute atomic E-state index is 11.0. The van der Waals surface area contributed by atoms with E-state index in [-0.39, 0.29) is 5.43 Å². The molecule has 0 aliphatic heterocycles. The lowest BCUT2D eigenvalue weighted by atomic mass is 10.1. The van der Waals surface area contributed by atoms with Gasteiger partial charge < -0.3 is 9.30 Å². The van der Waals surface area contributed by atoms with E-state index >= 15 is 0 Å². The van der Waals surface area contributed by atoms with E-state index in [0.717, 1.165) is 17.6 Å². The molecule has 4 nitrogen and oxygen atoms in total. The van der Waals surface area contributed by atoms with E-state index in [1.807, 2.05) is 4.57 Å². The van der Waals surface area contributed by atoms with Gasteiger partial charge in [-0.2, -0.15) is 0 Å². The molecule has 0 aliphatic rings. The van der Waals surface area contributed by atoms with Gasteiger partial charge in [-0.05, 0) is 18.2 Å². The Kier molecular flexibility index (Phi) is 3.57. The third-order valence-corrected chi connectivity index (χ3v) is 2.65. The molecule has 0 fully saturated rings. The number of hydrogen-bond donors (Lipinski definition) is 0. The van der Waals surface area contributed by atoms with E-state index in [9.17, 15) is 9.59 Å². The van der Waals surface area contributed by atoms with Crippen molar-refractivity contribution in [2.24, 2.45) is 0 Å². The van der Waals surface area contributed by atoms with Gasteiger partial charge in [0.15, 0.2) is 5.43 Å². The zero-order chi connectivity index (χ0) is 13.0. The predicted molar refractivity (Wildman–Crippen MR) is 68.2 cm³/mol. The Morgan fingerprint density at radius 3 is 2.56 bits per heavy atom. The number of ether oxygens (including phenoxy) is 1. The average Bonchev–Trinajstić information content (AvgIpc) is 2.41. The van der Waals surface area contributed by atoms with Crippen LogP contribution in [0.15, 0.2) is 47.5 Å². The molecule has 0 spiro atoms. The molecule has 92 valence electrons. The average molecular weight is 243 g/mol. The first-order chi connectivity index (χ1) is 8.72. The fourth-order valence-corrected chi connectivity index (χ4v) is 1.74. The summed E-state index contributed by atoms with van der Waals surface area (Å²) in [5.41, 5.74) is 1.47. The summed E-state index contributed by atoms with van der Waals surface area (Å²) in [5, 5.41) is 0. The van der Waals surface area contributed by atoms with Crippen LogP contribution in [0.25, 0.3) is 0 Å². The summed E-state index contributed by atoms with van der Waals surface area (Å²) < 4.78 is 7.10. The number of benzene rings is 1. The van der Waals surface area contributed by atoms with E-state index in [1.54, 1.807) is 37.7 Å². The minimum absolute atomic E-state index is 0.0279. The molecule has 0 aliphatic carbocycles. The quantitative estimate of drug-likeness (QED) is 0.768. The van der Waals surface area contributed by atoms with Gasteiger partial charge in [-0.25, -0.2) is 0 Å². The lowest BCUT2D eigenvalue weighted by molar-refractivity contribution is 0.112. The van der Waals surface area contributed by atoms with E-state index in [0.29, 0.717) is 12.1 Å². The lowest BCUT2D eigenvalue weighted by Crippen LogP contribution is -2.06. The lowest BCUT2D eigenvalue weighted by Gasteiger charge is -2.11. The Morgan fingerprint density at radius 1 is 1.22 bits per heavy atom. The number of pyridine rings is 1. The molecule has 0 amide bonds. The van der Waals surface area contributed by atoms with Crippen LogP contribution in [0.2, 0.25) is 0 Å². The first kappa shape index (κ1) is 12.1. The van der Waals surface area contributed by atoms with Crippen LogP contribution in [0.1, 0.15) is 15.9 Å². The standard InChI is InChI=1S/C14H13NO3/c1-18-14-3-2-11(10-16)8-12(14)9-15-6-4-13(17)5-7-15/h2-8,10H,9H2,1H3. The summed E-state index contributed by atoms with van der Waals surface area (Å²) in [7, 11) is 1.59. The minimum atomic E-state index is -0.0279. The predicted octanol–water partition coefficient (Wildman–Crippen LogP) is 1.72. The SMILES string of the molecule is COc1ccc(C=O)cc1Cn1ccc(=O)cc1. The summed E-state index contributed by atoms with van der Waals surface area (Å²) in [5.74, 6) is 0.722. The zero-order valence-corrected chi connectivity index (χ0v) is 10.00. The number of aromatic nitrogens is 1. The fraction of sp³-hybridized carbons (Fsp3) is 0.143. The van der Waals surface area contributed by atoms with Crippen molar-refractivity contribution < 1.29 is 9.53 Å². The Bertz CT molecular complexity index is 596. The Hall–Kier alpha value is -2.36. The van der Waals surface area contributed by atoms with E-state index < -0.39 is 0 Å². The number of carbonyl (C=O) groups excluding carboxylic acids is 1.